The largest absolute Gasteiger partial charge is 0.496 e. The highest BCUT2D eigenvalue weighted by Crippen LogP contribution is 2.33. The molecule has 3 rings (SSSR count). The van der Waals surface area contributed by atoms with Crippen molar-refractivity contribution >= 4 is 22.4 Å². The molecular formula is C18H15N3O3. The second kappa shape index (κ2) is 5.97. The SMILES string of the molecule is COC(=O)c1c(N)c(C#N)cn1-c1ccc(OC)c2ccccc12. The molecule has 6 heteroatoms. The number of carbonyl (C=O) groups excluding carboxylic acids is 1. The normalized spacial score (nSPS) is 10.4. The van der Waals surface area contributed by atoms with Crippen LogP contribution in [-0.4, -0.2) is 24.8 Å². The van der Waals surface area contributed by atoms with Crippen molar-refractivity contribution in [1.82, 2.24) is 4.57 Å². The molecule has 0 bridgehead atoms. The van der Waals surface area contributed by atoms with Crippen LogP contribution in [-0.2, 0) is 4.74 Å². The number of hydrogen-bond donors (Lipinski definition) is 1. The average molecular weight is 321 g/mol. The number of nitrogens with two attached hydrogens (primary N) is 1. The molecule has 2 N–H and O–H groups in total. The minimum atomic E-state index is -0.603. The van der Waals surface area contributed by atoms with Crippen molar-refractivity contribution in [3.8, 4) is 17.5 Å². The second-order valence-corrected chi connectivity index (χ2v) is 5.11. The lowest BCUT2D eigenvalue weighted by Crippen LogP contribution is -2.11. The summed E-state index contributed by atoms with van der Waals surface area (Å²) < 4.78 is 11.8. The van der Waals surface area contributed by atoms with Crippen LogP contribution >= 0.6 is 0 Å². The summed E-state index contributed by atoms with van der Waals surface area (Å²) in [6.07, 6.45) is 1.54. The second-order valence-electron chi connectivity index (χ2n) is 5.11. The summed E-state index contributed by atoms with van der Waals surface area (Å²) >= 11 is 0. The van der Waals surface area contributed by atoms with Gasteiger partial charge in [0.05, 0.1) is 31.2 Å². The quantitative estimate of drug-likeness (QED) is 0.749. The zero-order chi connectivity index (χ0) is 17.3. The topological polar surface area (TPSA) is 90.3 Å². The summed E-state index contributed by atoms with van der Waals surface area (Å²) in [6.45, 7) is 0. The van der Waals surface area contributed by atoms with E-state index in [0.29, 0.717) is 5.69 Å². The number of ether oxygens (including phenoxy) is 2. The maximum atomic E-state index is 12.2. The first-order valence-corrected chi connectivity index (χ1v) is 7.17. The van der Waals surface area contributed by atoms with Gasteiger partial charge in [0.1, 0.15) is 11.8 Å². The van der Waals surface area contributed by atoms with Gasteiger partial charge in [-0.05, 0) is 12.1 Å². The van der Waals surface area contributed by atoms with Crippen molar-refractivity contribution in [3.05, 3.63) is 53.9 Å². The van der Waals surface area contributed by atoms with Gasteiger partial charge in [0.25, 0.3) is 0 Å². The molecular weight excluding hydrogens is 306 g/mol. The highest BCUT2D eigenvalue weighted by molar-refractivity contribution is 5.99. The van der Waals surface area contributed by atoms with Crippen LogP contribution in [0, 0.1) is 11.3 Å². The molecule has 0 amide bonds. The molecule has 3 aromatic rings. The number of nitrogen functional groups attached to an aromatic ring is 1. The maximum Gasteiger partial charge on any atom is 0.357 e. The Bertz CT molecular complexity index is 983. The molecule has 0 fully saturated rings. The lowest BCUT2D eigenvalue weighted by molar-refractivity contribution is 0.0593. The molecule has 0 saturated heterocycles. The molecule has 0 radical (unpaired) electrons. The van der Waals surface area contributed by atoms with Crippen molar-refractivity contribution in [3.63, 3.8) is 0 Å². The summed E-state index contributed by atoms with van der Waals surface area (Å²) in [5.74, 6) is 0.114. The van der Waals surface area contributed by atoms with Crippen LogP contribution in [0.3, 0.4) is 0 Å². The smallest absolute Gasteiger partial charge is 0.357 e. The van der Waals surface area contributed by atoms with Crippen LogP contribution in [0.15, 0.2) is 42.6 Å². The van der Waals surface area contributed by atoms with Crippen molar-refractivity contribution in [2.24, 2.45) is 0 Å². The number of nitrogens with zero attached hydrogens (tertiary/aromatic N) is 2. The molecule has 0 aliphatic rings. The van der Waals surface area contributed by atoms with Crippen LogP contribution < -0.4 is 10.5 Å². The number of carbonyl (C=O) groups is 1. The van der Waals surface area contributed by atoms with E-state index in [2.05, 4.69) is 0 Å². The summed E-state index contributed by atoms with van der Waals surface area (Å²) in [7, 11) is 2.88. The Labute approximate surface area is 138 Å². The van der Waals surface area contributed by atoms with E-state index in [9.17, 15) is 10.1 Å². The van der Waals surface area contributed by atoms with E-state index in [0.717, 1.165) is 16.5 Å². The lowest BCUT2D eigenvalue weighted by atomic mass is 10.1. The third kappa shape index (κ3) is 2.23. The molecule has 1 aromatic heterocycles. The van der Waals surface area contributed by atoms with Gasteiger partial charge in [-0.2, -0.15) is 5.26 Å². The number of benzene rings is 2. The lowest BCUT2D eigenvalue weighted by Gasteiger charge is -2.13. The van der Waals surface area contributed by atoms with Crippen LogP contribution in [0.2, 0.25) is 0 Å². The zero-order valence-electron chi connectivity index (χ0n) is 13.2. The number of nitriles is 1. The van der Waals surface area contributed by atoms with Gasteiger partial charge in [0.2, 0.25) is 0 Å². The Kier molecular flexibility index (Phi) is 3.84. The van der Waals surface area contributed by atoms with Crippen molar-refractivity contribution in [2.75, 3.05) is 20.0 Å². The molecule has 0 unspecified atom stereocenters. The van der Waals surface area contributed by atoms with E-state index in [1.165, 1.54) is 13.3 Å². The molecule has 0 atom stereocenters. The van der Waals surface area contributed by atoms with E-state index in [-0.39, 0.29) is 16.9 Å². The van der Waals surface area contributed by atoms with Crippen molar-refractivity contribution < 1.29 is 14.3 Å². The molecule has 120 valence electrons. The molecule has 6 nitrogen and oxygen atoms in total. The Morgan fingerprint density at radius 1 is 1.17 bits per heavy atom. The van der Waals surface area contributed by atoms with E-state index in [4.69, 9.17) is 15.2 Å². The number of fused-ring (bicyclic) bond motifs is 1. The molecule has 2 aromatic carbocycles. The fourth-order valence-electron chi connectivity index (χ4n) is 2.75. The van der Waals surface area contributed by atoms with Gasteiger partial charge in [-0.3, -0.25) is 0 Å². The number of methoxy groups -OCH3 is 2. The fraction of sp³-hybridized carbons (Fsp3) is 0.111. The van der Waals surface area contributed by atoms with Gasteiger partial charge in [-0.1, -0.05) is 24.3 Å². The minimum Gasteiger partial charge on any atom is -0.496 e. The van der Waals surface area contributed by atoms with Gasteiger partial charge in [0.15, 0.2) is 5.69 Å². The third-order valence-corrected chi connectivity index (χ3v) is 3.88. The van der Waals surface area contributed by atoms with Crippen LogP contribution in [0.5, 0.6) is 5.75 Å². The van der Waals surface area contributed by atoms with Gasteiger partial charge in [0, 0.05) is 17.0 Å². The first-order valence-electron chi connectivity index (χ1n) is 7.17. The Balaban J connectivity index is 2.37. The summed E-state index contributed by atoms with van der Waals surface area (Å²) in [6, 6.07) is 13.2. The molecule has 0 aliphatic carbocycles. The van der Waals surface area contributed by atoms with Crippen molar-refractivity contribution in [2.45, 2.75) is 0 Å². The first-order chi connectivity index (χ1) is 11.6. The maximum absolute atomic E-state index is 12.2. The molecule has 0 aliphatic heterocycles. The Hall–Kier alpha value is -3.46. The number of anilines is 1. The summed E-state index contributed by atoms with van der Waals surface area (Å²) in [4.78, 5) is 12.2. The number of rotatable bonds is 3. The number of aromatic nitrogens is 1. The Morgan fingerprint density at radius 2 is 1.88 bits per heavy atom. The predicted octanol–water partition coefficient (Wildman–Crippen LogP) is 2.88. The van der Waals surface area contributed by atoms with Gasteiger partial charge in [-0.25, -0.2) is 4.79 Å². The zero-order valence-corrected chi connectivity index (χ0v) is 13.2. The van der Waals surface area contributed by atoms with Crippen LogP contribution in [0.1, 0.15) is 16.1 Å². The highest BCUT2D eigenvalue weighted by atomic mass is 16.5. The highest BCUT2D eigenvalue weighted by Gasteiger charge is 2.22. The number of esters is 1. The van der Waals surface area contributed by atoms with E-state index in [1.54, 1.807) is 17.7 Å². The predicted molar refractivity (Wildman–Crippen MR) is 90.3 cm³/mol. The molecule has 0 spiro atoms. The summed E-state index contributed by atoms with van der Waals surface area (Å²) in [5, 5.41) is 11.0. The van der Waals surface area contributed by atoms with E-state index >= 15 is 0 Å². The minimum absolute atomic E-state index is 0.101. The van der Waals surface area contributed by atoms with Gasteiger partial charge >= 0.3 is 5.97 Å². The summed E-state index contributed by atoms with van der Waals surface area (Å²) in [5.41, 5.74) is 7.12. The fourth-order valence-corrected chi connectivity index (χ4v) is 2.75. The molecule has 24 heavy (non-hydrogen) atoms. The average Bonchev–Trinajstić information content (AvgIpc) is 2.96. The molecule has 0 saturated carbocycles. The third-order valence-electron chi connectivity index (χ3n) is 3.88. The monoisotopic (exact) mass is 321 g/mol. The van der Waals surface area contributed by atoms with Crippen LogP contribution in [0.4, 0.5) is 5.69 Å². The van der Waals surface area contributed by atoms with E-state index in [1.807, 2.05) is 36.4 Å². The van der Waals surface area contributed by atoms with Gasteiger partial charge < -0.3 is 19.8 Å². The first kappa shape index (κ1) is 15.4. The van der Waals surface area contributed by atoms with Gasteiger partial charge in [-0.15, -0.1) is 0 Å². The molecule has 1 heterocycles. The number of hydrogen-bond acceptors (Lipinski definition) is 5. The van der Waals surface area contributed by atoms with Crippen molar-refractivity contribution in [1.29, 1.82) is 5.26 Å². The van der Waals surface area contributed by atoms with Crippen LogP contribution in [0.25, 0.3) is 16.5 Å². The Morgan fingerprint density at radius 3 is 2.50 bits per heavy atom. The van der Waals surface area contributed by atoms with E-state index < -0.39 is 5.97 Å². The standard InChI is InChI=1S/C18H15N3O3/c1-23-15-8-7-14(12-5-3-4-6-13(12)15)21-10-11(9-19)16(20)17(21)18(22)24-2/h3-8,10H,20H2,1-2H3.